The molecule has 0 spiro atoms. The van der Waals surface area contributed by atoms with Gasteiger partial charge in [0, 0.05) is 29.6 Å². The summed E-state index contributed by atoms with van der Waals surface area (Å²) in [6.07, 6.45) is 4.75. The van der Waals surface area contributed by atoms with Crippen LogP contribution in [0, 0.1) is 0 Å². The zero-order valence-corrected chi connectivity index (χ0v) is 14.0. The second-order valence-corrected chi connectivity index (χ2v) is 4.63. The van der Waals surface area contributed by atoms with E-state index in [0.717, 1.165) is 0 Å². The maximum Gasteiger partial charge on any atom is 0.181 e. The summed E-state index contributed by atoms with van der Waals surface area (Å²) in [4.78, 5) is 15.5. The van der Waals surface area contributed by atoms with Gasteiger partial charge in [-0.2, -0.15) is 0 Å². The Bertz CT molecular complexity index is 598. The molecule has 1 radical (unpaired) electrons. The van der Waals surface area contributed by atoms with Gasteiger partial charge in [-0.25, -0.2) is 4.99 Å². The van der Waals surface area contributed by atoms with Crippen molar-refractivity contribution in [2.24, 2.45) is 4.99 Å². The number of aliphatic imine (C=N–C) groups is 1. The third-order valence-corrected chi connectivity index (χ3v) is 2.99. The maximum absolute atomic E-state index is 11.3. The third kappa shape index (κ3) is 3.94. The van der Waals surface area contributed by atoms with Crippen LogP contribution >= 0.6 is 23.2 Å². The second kappa shape index (κ2) is 6.73. The van der Waals surface area contributed by atoms with E-state index in [0.29, 0.717) is 17.0 Å². The Balaban J connectivity index is 0.00000180. The second-order valence-electron chi connectivity index (χ2n) is 3.82. The van der Waals surface area contributed by atoms with Gasteiger partial charge in [0.05, 0.1) is 21.4 Å². The van der Waals surface area contributed by atoms with E-state index in [4.69, 9.17) is 23.2 Å². The Morgan fingerprint density at radius 1 is 1.16 bits per heavy atom. The first-order valence-electron chi connectivity index (χ1n) is 5.15. The monoisotopic (exact) mass is 304 g/mol. The molecular formula is C13H9Cl2NNaO2. The summed E-state index contributed by atoms with van der Waals surface area (Å²) in [6, 6.07) is 3.01. The number of halogens is 2. The number of nitrogens with zero attached hydrogens (tertiary/aromatic N) is 1. The molecule has 0 amide bonds. The van der Waals surface area contributed by atoms with Gasteiger partial charge in [-0.05, 0) is 42.9 Å². The number of hydrogen-bond donors (Lipinski definition) is 1. The normalized spacial score (nSPS) is 16.3. The molecular weight excluding hydrogens is 296 g/mol. The smallest absolute Gasteiger partial charge is 0.181 e. The largest absolute Gasteiger partial charge is 0.505 e. The van der Waals surface area contributed by atoms with Crippen molar-refractivity contribution in [3.8, 4) is 5.75 Å². The van der Waals surface area contributed by atoms with Gasteiger partial charge >= 0.3 is 0 Å². The number of allylic oxidation sites excluding steroid dienone is 4. The van der Waals surface area contributed by atoms with Crippen LogP contribution in [0.25, 0.3) is 0 Å². The molecule has 0 fully saturated rings. The molecule has 2 rings (SSSR count). The molecule has 0 unspecified atom stereocenters. The van der Waals surface area contributed by atoms with Gasteiger partial charge in [0.1, 0.15) is 0 Å². The van der Waals surface area contributed by atoms with Crippen molar-refractivity contribution in [3.05, 3.63) is 46.0 Å². The number of hydrogen-bond acceptors (Lipinski definition) is 3. The molecule has 0 bridgehead atoms. The molecule has 0 saturated heterocycles. The van der Waals surface area contributed by atoms with Crippen LogP contribution in [0.4, 0.5) is 5.69 Å². The average Bonchev–Trinajstić information content (AvgIpc) is 2.31. The van der Waals surface area contributed by atoms with E-state index in [1.165, 1.54) is 18.2 Å². The number of ketones is 1. The number of aromatic hydroxyl groups is 1. The first-order chi connectivity index (χ1) is 8.47. The third-order valence-electron chi connectivity index (χ3n) is 2.42. The molecule has 1 aliphatic carbocycles. The van der Waals surface area contributed by atoms with Crippen LogP contribution in [0.3, 0.4) is 0 Å². The number of carbonyl (C=O) groups is 1. The fraction of sp³-hybridized carbons (Fsp3) is 0.0769. The van der Waals surface area contributed by atoms with E-state index in [1.54, 1.807) is 19.1 Å². The molecule has 0 aliphatic heterocycles. The van der Waals surface area contributed by atoms with E-state index in [-0.39, 0.29) is 51.1 Å². The van der Waals surface area contributed by atoms with Gasteiger partial charge in [0.15, 0.2) is 11.5 Å². The van der Waals surface area contributed by atoms with Gasteiger partial charge in [-0.15, -0.1) is 0 Å². The zero-order valence-electron chi connectivity index (χ0n) is 10.4. The van der Waals surface area contributed by atoms with E-state index in [2.05, 4.69) is 4.99 Å². The first-order valence-corrected chi connectivity index (χ1v) is 5.90. The van der Waals surface area contributed by atoms with Crippen LogP contribution in [0.5, 0.6) is 5.75 Å². The van der Waals surface area contributed by atoms with E-state index < -0.39 is 0 Å². The van der Waals surface area contributed by atoms with Crippen molar-refractivity contribution in [1.29, 1.82) is 0 Å². The summed E-state index contributed by atoms with van der Waals surface area (Å²) in [7, 11) is 0. The Kier molecular flexibility index (Phi) is 5.83. The molecule has 93 valence electrons. The molecule has 3 nitrogen and oxygen atoms in total. The Labute approximate surface area is 142 Å². The van der Waals surface area contributed by atoms with Gasteiger partial charge in [-0.1, -0.05) is 23.2 Å². The predicted molar refractivity (Wildman–Crippen MR) is 78.9 cm³/mol. The molecule has 0 heterocycles. The average molecular weight is 305 g/mol. The van der Waals surface area contributed by atoms with Crippen LogP contribution in [-0.4, -0.2) is 46.2 Å². The Morgan fingerprint density at radius 2 is 1.74 bits per heavy atom. The molecule has 1 aromatic carbocycles. The van der Waals surface area contributed by atoms with Crippen molar-refractivity contribution < 1.29 is 9.90 Å². The van der Waals surface area contributed by atoms with Crippen LogP contribution in [-0.2, 0) is 4.79 Å². The number of phenols is 1. The first kappa shape index (κ1) is 16.5. The molecule has 0 aromatic heterocycles. The van der Waals surface area contributed by atoms with E-state index >= 15 is 0 Å². The van der Waals surface area contributed by atoms with Crippen molar-refractivity contribution >= 4 is 69.9 Å². The summed E-state index contributed by atoms with van der Waals surface area (Å²) in [6.45, 7) is 1.72. The number of rotatable bonds is 1. The predicted octanol–water partition coefficient (Wildman–Crippen LogP) is 3.48. The molecule has 19 heavy (non-hydrogen) atoms. The summed E-state index contributed by atoms with van der Waals surface area (Å²) < 4.78 is 0. The molecule has 0 atom stereocenters. The topological polar surface area (TPSA) is 49.7 Å². The molecule has 1 aliphatic rings. The summed E-state index contributed by atoms with van der Waals surface area (Å²) in [5.41, 5.74) is 1.76. The van der Waals surface area contributed by atoms with Crippen LogP contribution in [0.15, 0.2) is 40.9 Å². The quantitative estimate of drug-likeness (QED) is 0.638. The van der Waals surface area contributed by atoms with Gasteiger partial charge in [0.25, 0.3) is 0 Å². The van der Waals surface area contributed by atoms with E-state index in [9.17, 15) is 9.90 Å². The minimum absolute atomic E-state index is 0. The van der Waals surface area contributed by atoms with Crippen molar-refractivity contribution in [2.75, 3.05) is 0 Å². The zero-order chi connectivity index (χ0) is 13.3. The number of benzene rings is 1. The Morgan fingerprint density at radius 3 is 2.26 bits per heavy atom. The summed E-state index contributed by atoms with van der Waals surface area (Å²) >= 11 is 11.6. The van der Waals surface area contributed by atoms with Crippen molar-refractivity contribution in [1.82, 2.24) is 0 Å². The molecule has 1 N–H and O–H groups in total. The van der Waals surface area contributed by atoms with Crippen molar-refractivity contribution in [3.63, 3.8) is 0 Å². The summed E-state index contributed by atoms with van der Waals surface area (Å²) in [5.74, 6) is -0.195. The fourth-order valence-corrected chi connectivity index (χ4v) is 1.94. The van der Waals surface area contributed by atoms with Gasteiger partial charge in [0.2, 0.25) is 0 Å². The maximum atomic E-state index is 11.3. The van der Waals surface area contributed by atoms with Crippen molar-refractivity contribution in [2.45, 2.75) is 6.92 Å². The van der Waals surface area contributed by atoms with Crippen LogP contribution < -0.4 is 0 Å². The van der Waals surface area contributed by atoms with E-state index in [1.807, 2.05) is 0 Å². The molecule has 6 heteroatoms. The van der Waals surface area contributed by atoms with Gasteiger partial charge in [-0.3, -0.25) is 4.79 Å². The molecule has 1 aromatic rings. The van der Waals surface area contributed by atoms with Crippen LogP contribution in [0.2, 0.25) is 10.0 Å². The minimum Gasteiger partial charge on any atom is -0.505 e. The number of carbonyl (C=O) groups excluding carboxylic acids is 1. The standard InChI is InChI=1S/C13H9Cl2NO2.Na/c1-7-4-8(2-3-12(7)17)16-9-5-10(14)13(18)11(15)6-9;/h2-6,18H,1H3;. The fourth-order valence-electron chi connectivity index (χ4n) is 1.47. The minimum atomic E-state index is -0.164. The number of phenolic OH excluding ortho intramolecular Hbond substituents is 1. The van der Waals surface area contributed by atoms with Crippen LogP contribution in [0.1, 0.15) is 6.92 Å². The van der Waals surface area contributed by atoms with Gasteiger partial charge < -0.3 is 5.11 Å². The summed E-state index contributed by atoms with van der Waals surface area (Å²) in [5, 5.41) is 9.71. The Hall–Kier alpha value is -0.580. The SMILES string of the molecule is CC1=CC(=Nc2cc(Cl)c(O)c(Cl)c2)C=CC1=O.[Na]. The molecule has 0 saturated carbocycles.